The molecule has 244 valence electrons. The van der Waals surface area contributed by atoms with E-state index in [-0.39, 0.29) is 0 Å². The SMILES string of the molecule is c1ccc2c(c1)-c1ccccc1C21c2cccc3ccc4c(c23)c2c1cccc2n4-c1nc(-c2ccc3ccccc3c2)c2sc3ccccc3c2n1. The average Bonchev–Trinajstić information content (AvgIpc) is 3.86. The minimum absolute atomic E-state index is 0.454. The fraction of sp³-hybridized carbons (Fsp3) is 0.0204. The third-order valence-electron chi connectivity index (χ3n) is 12.0. The smallest absolute Gasteiger partial charge is 0.235 e. The van der Waals surface area contributed by atoms with E-state index in [1.165, 1.54) is 70.4 Å². The van der Waals surface area contributed by atoms with Gasteiger partial charge in [0.15, 0.2) is 0 Å². The van der Waals surface area contributed by atoms with E-state index in [1.807, 2.05) is 0 Å². The van der Waals surface area contributed by atoms with Crippen LogP contribution in [0.2, 0.25) is 0 Å². The fourth-order valence-corrected chi connectivity index (χ4v) is 11.1. The average molecular weight is 690 g/mol. The highest BCUT2D eigenvalue weighted by Gasteiger charge is 2.50. The van der Waals surface area contributed by atoms with Gasteiger partial charge in [0.05, 0.1) is 32.4 Å². The van der Waals surface area contributed by atoms with Gasteiger partial charge in [0.2, 0.25) is 5.95 Å². The van der Waals surface area contributed by atoms with Gasteiger partial charge in [-0.3, -0.25) is 4.57 Å². The van der Waals surface area contributed by atoms with Crippen molar-refractivity contribution in [3.8, 4) is 28.3 Å². The summed E-state index contributed by atoms with van der Waals surface area (Å²) in [7, 11) is 0. The topological polar surface area (TPSA) is 30.7 Å². The molecule has 0 saturated carbocycles. The molecule has 3 aromatic heterocycles. The first kappa shape index (κ1) is 28.0. The molecule has 11 aromatic rings. The van der Waals surface area contributed by atoms with Gasteiger partial charge in [0.25, 0.3) is 0 Å². The summed E-state index contributed by atoms with van der Waals surface area (Å²) >= 11 is 1.78. The van der Waals surface area contributed by atoms with Gasteiger partial charge in [-0.25, -0.2) is 9.97 Å². The van der Waals surface area contributed by atoms with E-state index in [0.29, 0.717) is 5.95 Å². The maximum atomic E-state index is 5.57. The third-order valence-corrected chi connectivity index (χ3v) is 13.2. The lowest BCUT2D eigenvalue weighted by Gasteiger charge is -2.37. The van der Waals surface area contributed by atoms with Gasteiger partial charge in [0.1, 0.15) is 0 Å². The van der Waals surface area contributed by atoms with Crippen LogP contribution in [0.4, 0.5) is 0 Å². The highest BCUT2D eigenvalue weighted by Crippen LogP contribution is 2.62. The monoisotopic (exact) mass is 689 g/mol. The molecule has 2 aliphatic carbocycles. The van der Waals surface area contributed by atoms with Crippen molar-refractivity contribution < 1.29 is 0 Å². The maximum Gasteiger partial charge on any atom is 0.235 e. The molecular weight excluding hydrogens is 663 g/mol. The van der Waals surface area contributed by atoms with Crippen molar-refractivity contribution in [2.75, 3.05) is 0 Å². The van der Waals surface area contributed by atoms with Crippen LogP contribution in [0.3, 0.4) is 0 Å². The molecule has 1 spiro atoms. The Balaban J connectivity index is 1.20. The second-order valence-electron chi connectivity index (χ2n) is 14.4. The van der Waals surface area contributed by atoms with Crippen molar-refractivity contribution >= 4 is 75.0 Å². The molecule has 0 atom stereocenters. The Bertz CT molecular complexity index is 3380. The number of benzene rings is 8. The van der Waals surface area contributed by atoms with Crippen LogP contribution < -0.4 is 0 Å². The summed E-state index contributed by atoms with van der Waals surface area (Å²) in [5.74, 6) is 0.696. The minimum Gasteiger partial charge on any atom is -0.278 e. The number of thiophene rings is 1. The van der Waals surface area contributed by atoms with Crippen LogP contribution in [-0.2, 0) is 5.41 Å². The molecule has 0 N–H and O–H groups in total. The Kier molecular flexibility index (Phi) is 5.19. The van der Waals surface area contributed by atoms with Gasteiger partial charge >= 0.3 is 0 Å². The second kappa shape index (κ2) is 9.82. The maximum absolute atomic E-state index is 5.57. The zero-order valence-corrected chi connectivity index (χ0v) is 29.2. The Morgan fingerprint density at radius 3 is 1.96 bits per heavy atom. The number of rotatable bonds is 2. The summed E-state index contributed by atoms with van der Waals surface area (Å²) < 4.78 is 4.67. The van der Waals surface area contributed by atoms with Gasteiger partial charge in [-0.05, 0) is 79.2 Å². The lowest BCUT2D eigenvalue weighted by Crippen LogP contribution is -2.30. The molecule has 0 radical (unpaired) electrons. The van der Waals surface area contributed by atoms with Gasteiger partial charge in [-0.15, -0.1) is 11.3 Å². The largest absolute Gasteiger partial charge is 0.278 e. The van der Waals surface area contributed by atoms with Crippen LogP contribution in [-0.4, -0.2) is 14.5 Å². The molecule has 4 heteroatoms. The van der Waals surface area contributed by atoms with Crippen molar-refractivity contribution in [2.45, 2.75) is 5.41 Å². The molecule has 0 saturated heterocycles. The van der Waals surface area contributed by atoms with Crippen molar-refractivity contribution in [1.29, 1.82) is 0 Å². The van der Waals surface area contributed by atoms with E-state index >= 15 is 0 Å². The van der Waals surface area contributed by atoms with E-state index in [4.69, 9.17) is 9.97 Å². The normalized spacial score (nSPS) is 13.8. The van der Waals surface area contributed by atoms with Gasteiger partial charge < -0.3 is 0 Å². The summed E-state index contributed by atoms with van der Waals surface area (Å²) in [6, 6.07) is 60.3. The molecule has 0 aliphatic heterocycles. The number of nitrogens with zero attached hydrogens (tertiary/aromatic N) is 3. The predicted molar refractivity (Wildman–Crippen MR) is 221 cm³/mol. The number of hydrogen-bond acceptors (Lipinski definition) is 3. The van der Waals surface area contributed by atoms with Crippen molar-refractivity contribution in [3.05, 3.63) is 186 Å². The molecule has 0 bridgehead atoms. The first-order chi connectivity index (χ1) is 26.3. The van der Waals surface area contributed by atoms with E-state index < -0.39 is 5.41 Å². The number of fused-ring (bicyclic) bond motifs is 11. The van der Waals surface area contributed by atoms with Crippen molar-refractivity contribution in [1.82, 2.24) is 14.5 Å². The Morgan fingerprint density at radius 1 is 0.472 bits per heavy atom. The highest BCUT2D eigenvalue weighted by molar-refractivity contribution is 7.26. The summed E-state index contributed by atoms with van der Waals surface area (Å²) in [6.07, 6.45) is 0. The van der Waals surface area contributed by atoms with Crippen LogP contribution in [0, 0.1) is 0 Å². The van der Waals surface area contributed by atoms with Crippen molar-refractivity contribution in [3.63, 3.8) is 0 Å². The Morgan fingerprint density at radius 2 is 1.11 bits per heavy atom. The summed E-state index contributed by atoms with van der Waals surface area (Å²) in [5.41, 5.74) is 12.8. The summed E-state index contributed by atoms with van der Waals surface area (Å²) in [4.78, 5) is 11.1. The van der Waals surface area contributed by atoms with Crippen LogP contribution in [0.1, 0.15) is 22.3 Å². The standard InChI is InChI=1S/C49H27N3S/c1-2-12-30-27-31(24-23-28(30)11-1)45-47-46(34-16-5-8-22-41(34)53-47)51-48(50-45)52-39-21-10-20-38-43(39)44-40(52)26-25-29-13-9-19-37(42(29)44)49(38)35-17-6-3-14-32(35)33-15-4-7-18-36(33)49/h1-27H. The molecule has 2 aliphatic rings. The van der Waals surface area contributed by atoms with E-state index in [1.54, 1.807) is 11.3 Å². The third kappa shape index (κ3) is 3.36. The van der Waals surface area contributed by atoms with Gasteiger partial charge in [-0.1, -0.05) is 140 Å². The second-order valence-corrected chi connectivity index (χ2v) is 15.5. The van der Waals surface area contributed by atoms with E-state index in [2.05, 4.69) is 168 Å². The highest BCUT2D eigenvalue weighted by atomic mass is 32.1. The van der Waals surface area contributed by atoms with Crippen molar-refractivity contribution in [2.24, 2.45) is 0 Å². The van der Waals surface area contributed by atoms with Gasteiger partial charge in [0, 0.05) is 26.4 Å². The fourth-order valence-electron chi connectivity index (χ4n) is 9.94. The minimum atomic E-state index is -0.454. The first-order valence-corrected chi connectivity index (χ1v) is 19.0. The Hall–Kier alpha value is -6.62. The first-order valence-electron chi connectivity index (χ1n) is 18.2. The summed E-state index contributed by atoms with van der Waals surface area (Å²) in [5, 5.41) is 8.71. The molecule has 13 rings (SSSR count). The lowest BCUT2D eigenvalue weighted by atomic mass is 9.63. The molecule has 0 amide bonds. The molecule has 0 unspecified atom stereocenters. The molecule has 3 nitrogen and oxygen atoms in total. The molecule has 53 heavy (non-hydrogen) atoms. The Labute approximate surface area is 308 Å². The zero-order valence-electron chi connectivity index (χ0n) is 28.3. The zero-order chi connectivity index (χ0) is 34.4. The molecular formula is C49H27N3S. The predicted octanol–water partition coefficient (Wildman–Crippen LogP) is 12.6. The van der Waals surface area contributed by atoms with Gasteiger partial charge in [-0.2, -0.15) is 0 Å². The number of hydrogen-bond donors (Lipinski definition) is 0. The molecule has 3 heterocycles. The quantitative estimate of drug-likeness (QED) is 0.181. The number of aromatic nitrogens is 3. The molecule has 8 aromatic carbocycles. The summed E-state index contributed by atoms with van der Waals surface area (Å²) in [6.45, 7) is 0. The van der Waals surface area contributed by atoms with Crippen LogP contribution in [0.25, 0.3) is 92.0 Å². The van der Waals surface area contributed by atoms with Crippen LogP contribution in [0.5, 0.6) is 0 Å². The van der Waals surface area contributed by atoms with Crippen LogP contribution in [0.15, 0.2) is 164 Å². The lowest BCUT2D eigenvalue weighted by molar-refractivity contribution is 0.783. The van der Waals surface area contributed by atoms with E-state index in [9.17, 15) is 0 Å². The molecule has 0 fully saturated rings. The van der Waals surface area contributed by atoms with E-state index in [0.717, 1.165) is 37.9 Å². The van der Waals surface area contributed by atoms with Crippen LogP contribution >= 0.6 is 11.3 Å².